The van der Waals surface area contributed by atoms with Gasteiger partial charge in [-0.25, -0.2) is 0 Å². The molecular weight excluding hydrogens is 237 g/mol. The number of rotatable bonds is 5. The molecule has 0 radical (unpaired) electrons. The zero-order valence-electron chi connectivity index (χ0n) is 8.92. The summed E-state index contributed by atoms with van der Waals surface area (Å²) in [6.45, 7) is 3.07. The van der Waals surface area contributed by atoms with E-state index < -0.39 is 0 Å². The molecule has 0 spiro atoms. The van der Waals surface area contributed by atoms with Crippen molar-refractivity contribution in [1.82, 2.24) is 4.90 Å². The highest BCUT2D eigenvalue weighted by Crippen LogP contribution is 2.20. The maximum Gasteiger partial charge on any atom is 0.251 e. The Bertz CT molecular complexity index is 208. The van der Waals surface area contributed by atoms with Crippen LogP contribution in [0.25, 0.3) is 0 Å². The Morgan fingerprint density at radius 1 is 1.33 bits per heavy atom. The number of hydrogen-bond acceptors (Lipinski definition) is 2. The molecule has 1 rings (SSSR count). The van der Waals surface area contributed by atoms with Gasteiger partial charge in [-0.05, 0) is 19.8 Å². The topological polar surface area (TPSA) is 29.5 Å². The lowest BCUT2D eigenvalue weighted by molar-refractivity contribution is -0.142. The monoisotopic (exact) mass is 253 g/mol. The summed E-state index contributed by atoms with van der Waals surface area (Å²) in [6, 6.07) is 0. The minimum Gasteiger partial charge on any atom is -0.365 e. The fourth-order valence-corrected chi connectivity index (χ4v) is 2.13. The van der Waals surface area contributed by atoms with Crippen molar-refractivity contribution in [3.05, 3.63) is 0 Å². The number of amides is 1. The van der Waals surface area contributed by atoms with E-state index in [4.69, 9.17) is 27.9 Å². The Kier molecular flexibility index (Phi) is 5.72. The maximum atomic E-state index is 12.0. The van der Waals surface area contributed by atoms with Crippen LogP contribution in [-0.4, -0.2) is 47.9 Å². The lowest BCUT2D eigenvalue weighted by atomic mass is 10.2. The van der Waals surface area contributed by atoms with Gasteiger partial charge < -0.3 is 9.64 Å². The molecule has 0 aromatic heterocycles. The number of alkyl halides is 2. The van der Waals surface area contributed by atoms with E-state index in [1.807, 2.05) is 6.92 Å². The van der Waals surface area contributed by atoms with Gasteiger partial charge in [-0.3, -0.25) is 4.79 Å². The molecule has 1 aliphatic heterocycles. The van der Waals surface area contributed by atoms with E-state index in [1.165, 1.54) is 0 Å². The number of ether oxygens (including phenoxy) is 1. The van der Waals surface area contributed by atoms with E-state index in [-0.39, 0.29) is 18.1 Å². The summed E-state index contributed by atoms with van der Waals surface area (Å²) in [6.07, 6.45) is 1.66. The Labute approximate surface area is 101 Å². The highest BCUT2D eigenvalue weighted by molar-refractivity contribution is 6.18. The standard InChI is InChI=1S/C10H17Cl2NO2/c1-8-2-3-9(15-8)10(14)13(6-4-11)7-5-12/h8-9H,2-7H2,1H3. The second kappa shape index (κ2) is 6.56. The van der Waals surface area contributed by atoms with Gasteiger partial charge in [0.1, 0.15) is 6.10 Å². The predicted octanol–water partition coefficient (Wildman–Crippen LogP) is 1.86. The van der Waals surface area contributed by atoms with Crippen molar-refractivity contribution in [2.75, 3.05) is 24.8 Å². The normalized spacial score (nSPS) is 25.5. The molecule has 0 aromatic rings. The van der Waals surface area contributed by atoms with Crippen LogP contribution in [0.3, 0.4) is 0 Å². The quantitative estimate of drug-likeness (QED) is 0.701. The summed E-state index contributed by atoms with van der Waals surface area (Å²) in [5.74, 6) is 0.899. The lowest BCUT2D eigenvalue weighted by Crippen LogP contribution is -2.41. The SMILES string of the molecule is CC1CCC(C(=O)N(CCCl)CCCl)O1. The second-order valence-corrected chi connectivity index (χ2v) is 4.47. The fraction of sp³-hybridized carbons (Fsp3) is 0.900. The lowest BCUT2D eigenvalue weighted by Gasteiger charge is -2.23. The van der Waals surface area contributed by atoms with Gasteiger partial charge in [-0.2, -0.15) is 0 Å². The molecule has 88 valence electrons. The predicted molar refractivity (Wildman–Crippen MR) is 61.6 cm³/mol. The first kappa shape index (κ1) is 13.1. The van der Waals surface area contributed by atoms with Crippen LogP contribution in [0.1, 0.15) is 19.8 Å². The molecular formula is C10H17Cl2NO2. The van der Waals surface area contributed by atoms with Crippen LogP contribution in [0.15, 0.2) is 0 Å². The van der Waals surface area contributed by atoms with Gasteiger partial charge in [0.15, 0.2) is 0 Å². The van der Waals surface area contributed by atoms with E-state index in [1.54, 1.807) is 4.90 Å². The number of nitrogens with zero attached hydrogens (tertiary/aromatic N) is 1. The molecule has 0 aliphatic carbocycles. The van der Waals surface area contributed by atoms with Crippen molar-refractivity contribution in [3.8, 4) is 0 Å². The Morgan fingerprint density at radius 3 is 2.33 bits per heavy atom. The largest absolute Gasteiger partial charge is 0.365 e. The molecule has 2 unspecified atom stereocenters. The van der Waals surface area contributed by atoms with Crippen molar-refractivity contribution in [1.29, 1.82) is 0 Å². The average molecular weight is 254 g/mol. The molecule has 5 heteroatoms. The van der Waals surface area contributed by atoms with Crippen molar-refractivity contribution >= 4 is 29.1 Å². The van der Waals surface area contributed by atoms with Crippen LogP contribution in [0.5, 0.6) is 0 Å². The Morgan fingerprint density at radius 2 is 1.93 bits per heavy atom. The minimum absolute atomic E-state index is 0.0284. The maximum absolute atomic E-state index is 12.0. The van der Waals surface area contributed by atoms with Gasteiger partial charge in [0.2, 0.25) is 0 Å². The Hall–Kier alpha value is 0.01000. The minimum atomic E-state index is -0.286. The smallest absolute Gasteiger partial charge is 0.251 e. The summed E-state index contributed by atoms with van der Waals surface area (Å²) < 4.78 is 5.52. The first-order valence-corrected chi connectivity index (χ1v) is 6.32. The van der Waals surface area contributed by atoms with Crippen molar-refractivity contribution in [2.45, 2.75) is 32.0 Å². The molecule has 0 N–H and O–H groups in total. The second-order valence-electron chi connectivity index (χ2n) is 3.72. The van der Waals surface area contributed by atoms with E-state index in [0.29, 0.717) is 24.8 Å². The third kappa shape index (κ3) is 3.82. The van der Waals surface area contributed by atoms with Gasteiger partial charge in [0.05, 0.1) is 6.10 Å². The molecule has 0 saturated carbocycles. The molecule has 1 heterocycles. The van der Waals surface area contributed by atoms with Gasteiger partial charge in [0, 0.05) is 24.8 Å². The number of carbonyl (C=O) groups excluding carboxylic acids is 1. The molecule has 1 amide bonds. The van der Waals surface area contributed by atoms with Crippen molar-refractivity contribution in [3.63, 3.8) is 0 Å². The van der Waals surface area contributed by atoms with Crippen LogP contribution in [-0.2, 0) is 9.53 Å². The van der Waals surface area contributed by atoms with Crippen LogP contribution >= 0.6 is 23.2 Å². The first-order chi connectivity index (χ1) is 7.19. The van der Waals surface area contributed by atoms with Crippen LogP contribution in [0, 0.1) is 0 Å². The third-order valence-corrected chi connectivity index (χ3v) is 2.87. The highest BCUT2D eigenvalue weighted by Gasteiger charge is 2.31. The number of carbonyl (C=O) groups is 1. The summed E-state index contributed by atoms with van der Waals surface area (Å²) in [5.41, 5.74) is 0. The average Bonchev–Trinajstić information content (AvgIpc) is 2.63. The van der Waals surface area contributed by atoms with Crippen LogP contribution in [0.2, 0.25) is 0 Å². The van der Waals surface area contributed by atoms with E-state index in [0.717, 1.165) is 12.8 Å². The summed E-state index contributed by atoms with van der Waals surface area (Å²) in [4.78, 5) is 13.6. The molecule has 2 atom stereocenters. The van der Waals surface area contributed by atoms with Gasteiger partial charge in [-0.1, -0.05) is 0 Å². The fourth-order valence-electron chi connectivity index (χ4n) is 1.72. The molecule has 0 bridgehead atoms. The molecule has 1 fully saturated rings. The molecule has 15 heavy (non-hydrogen) atoms. The summed E-state index contributed by atoms with van der Waals surface area (Å²) in [5, 5.41) is 0. The van der Waals surface area contributed by atoms with Gasteiger partial charge >= 0.3 is 0 Å². The van der Waals surface area contributed by atoms with E-state index >= 15 is 0 Å². The summed E-state index contributed by atoms with van der Waals surface area (Å²) in [7, 11) is 0. The van der Waals surface area contributed by atoms with Crippen LogP contribution in [0.4, 0.5) is 0 Å². The third-order valence-electron chi connectivity index (χ3n) is 2.53. The van der Waals surface area contributed by atoms with E-state index in [2.05, 4.69) is 0 Å². The Balaban J connectivity index is 2.47. The molecule has 0 aromatic carbocycles. The van der Waals surface area contributed by atoms with Gasteiger partial charge in [-0.15, -0.1) is 23.2 Å². The zero-order chi connectivity index (χ0) is 11.3. The zero-order valence-corrected chi connectivity index (χ0v) is 10.4. The number of halogens is 2. The van der Waals surface area contributed by atoms with E-state index in [9.17, 15) is 4.79 Å². The van der Waals surface area contributed by atoms with Crippen LogP contribution < -0.4 is 0 Å². The number of hydrogen-bond donors (Lipinski definition) is 0. The highest BCUT2D eigenvalue weighted by atomic mass is 35.5. The summed E-state index contributed by atoms with van der Waals surface area (Å²) >= 11 is 11.3. The van der Waals surface area contributed by atoms with Gasteiger partial charge in [0.25, 0.3) is 5.91 Å². The van der Waals surface area contributed by atoms with Crippen molar-refractivity contribution < 1.29 is 9.53 Å². The molecule has 1 saturated heterocycles. The first-order valence-electron chi connectivity index (χ1n) is 5.25. The van der Waals surface area contributed by atoms with Crippen molar-refractivity contribution in [2.24, 2.45) is 0 Å². The molecule has 1 aliphatic rings. The molecule has 3 nitrogen and oxygen atoms in total.